The van der Waals surface area contributed by atoms with Crippen LogP contribution in [0.3, 0.4) is 0 Å². The van der Waals surface area contributed by atoms with Crippen LogP contribution in [0.4, 0.5) is 0 Å². The van der Waals surface area contributed by atoms with E-state index in [4.69, 9.17) is 0 Å². The van der Waals surface area contributed by atoms with E-state index in [2.05, 4.69) is 25.8 Å². The molecule has 0 atom stereocenters. The number of hydrogen-bond donors (Lipinski definition) is 0. The van der Waals surface area contributed by atoms with Crippen molar-refractivity contribution in [3.63, 3.8) is 0 Å². The minimum absolute atomic E-state index is 0.927. The Morgan fingerprint density at radius 1 is 1.70 bits per heavy atom. The van der Waals surface area contributed by atoms with Crippen molar-refractivity contribution in [2.24, 2.45) is 0 Å². The third-order valence-electron chi connectivity index (χ3n) is 0.975. The molecule has 0 bridgehead atoms. The summed E-state index contributed by atoms with van der Waals surface area (Å²) in [7, 11) is 4.07. The molecule has 0 saturated carbocycles. The van der Waals surface area contributed by atoms with Crippen LogP contribution in [-0.2, 0) is 6.54 Å². The van der Waals surface area contributed by atoms with Gasteiger partial charge in [-0.1, -0.05) is 0 Å². The van der Waals surface area contributed by atoms with Crippen molar-refractivity contribution < 1.29 is 0 Å². The van der Waals surface area contributed by atoms with Crippen molar-refractivity contribution in [2.45, 2.75) is 6.54 Å². The highest BCUT2D eigenvalue weighted by atomic mass is 79.9. The molecule has 56 valence electrons. The monoisotopic (exact) mass is 220 g/mol. The summed E-state index contributed by atoms with van der Waals surface area (Å²) in [5, 5.41) is 3.15. The first-order valence-electron chi connectivity index (χ1n) is 2.93. The summed E-state index contributed by atoms with van der Waals surface area (Å²) in [5.41, 5.74) is 0. The molecule has 0 fully saturated rings. The smallest absolute Gasteiger partial charge is 0.117 e. The first-order chi connectivity index (χ1) is 4.68. The lowest BCUT2D eigenvalue weighted by Gasteiger charge is -2.04. The number of halogens is 1. The first kappa shape index (κ1) is 8.17. The number of hydrogen-bond acceptors (Lipinski definition) is 3. The fourth-order valence-corrected chi connectivity index (χ4v) is 2.01. The highest BCUT2D eigenvalue weighted by Crippen LogP contribution is 2.15. The lowest BCUT2D eigenvalue weighted by atomic mass is 10.6. The molecule has 0 aromatic carbocycles. The van der Waals surface area contributed by atoms with E-state index in [0.29, 0.717) is 0 Å². The maximum Gasteiger partial charge on any atom is 0.117 e. The van der Waals surface area contributed by atoms with E-state index < -0.39 is 0 Å². The van der Waals surface area contributed by atoms with E-state index in [-0.39, 0.29) is 0 Å². The average molecular weight is 221 g/mol. The van der Waals surface area contributed by atoms with Gasteiger partial charge in [0.05, 0.1) is 0 Å². The van der Waals surface area contributed by atoms with Gasteiger partial charge in [0.15, 0.2) is 0 Å². The van der Waals surface area contributed by atoms with Crippen LogP contribution < -0.4 is 0 Å². The van der Waals surface area contributed by atoms with Gasteiger partial charge < -0.3 is 4.90 Å². The summed E-state index contributed by atoms with van der Waals surface area (Å²) in [6.07, 6.45) is 0. The maximum absolute atomic E-state index is 4.24. The van der Waals surface area contributed by atoms with Gasteiger partial charge in [0.25, 0.3) is 0 Å². The molecule has 0 unspecified atom stereocenters. The number of rotatable bonds is 2. The zero-order valence-electron chi connectivity index (χ0n) is 5.97. The summed E-state index contributed by atoms with van der Waals surface area (Å²) in [4.78, 5) is 6.35. The first-order valence-corrected chi connectivity index (χ1v) is 4.60. The molecule has 0 aliphatic carbocycles. The Morgan fingerprint density at radius 2 is 2.40 bits per heavy atom. The van der Waals surface area contributed by atoms with Gasteiger partial charge in [-0.2, -0.15) is 0 Å². The number of thiazole rings is 1. The van der Waals surface area contributed by atoms with Gasteiger partial charge in [-0.25, -0.2) is 4.98 Å². The molecular formula is C6H9BrN2S. The van der Waals surface area contributed by atoms with E-state index in [1.807, 2.05) is 19.5 Å². The molecule has 1 heterocycles. The molecule has 4 heteroatoms. The Labute approximate surface area is 73.0 Å². The quantitative estimate of drug-likeness (QED) is 0.758. The molecule has 0 aliphatic rings. The molecule has 1 aromatic heterocycles. The van der Waals surface area contributed by atoms with Gasteiger partial charge >= 0.3 is 0 Å². The van der Waals surface area contributed by atoms with Crippen molar-refractivity contribution in [3.8, 4) is 0 Å². The van der Waals surface area contributed by atoms with Gasteiger partial charge in [-0.15, -0.1) is 11.3 Å². The molecule has 0 radical (unpaired) electrons. The molecule has 0 amide bonds. The van der Waals surface area contributed by atoms with E-state index in [1.165, 1.54) is 0 Å². The SMILES string of the molecule is CN(C)Cc1nc(Br)cs1. The maximum atomic E-state index is 4.24. The highest BCUT2D eigenvalue weighted by molar-refractivity contribution is 9.10. The standard InChI is InChI=1S/C6H9BrN2S/c1-9(2)3-6-8-5(7)4-10-6/h4H,3H2,1-2H3. The van der Waals surface area contributed by atoms with Crippen LogP contribution in [0.1, 0.15) is 5.01 Å². The third-order valence-corrected chi connectivity index (χ3v) is 2.52. The van der Waals surface area contributed by atoms with Crippen LogP contribution in [0.25, 0.3) is 0 Å². The molecule has 0 aliphatic heterocycles. The van der Waals surface area contributed by atoms with Gasteiger partial charge in [0.2, 0.25) is 0 Å². The van der Waals surface area contributed by atoms with E-state index in [1.54, 1.807) is 11.3 Å². The Morgan fingerprint density at radius 3 is 2.80 bits per heavy atom. The number of nitrogens with zero attached hydrogens (tertiary/aromatic N) is 2. The van der Waals surface area contributed by atoms with Gasteiger partial charge in [0.1, 0.15) is 9.61 Å². The van der Waals surface area contributed by atoms with Crippen LogP contribution in [0, 0.1) is 0 Å². The summed E-state index contributed by atoms with van der Waals surface area (Å²) >= 11 is 4.98. The Bertz CT molecular complexity index is 209. The summed E-state index contributed by atoms with van der Waals surface area (Å²) in [6, 6.07) is 0. The zero-order chi connectivity index (χ0) is 7.56. The van der Waals surface area contributed by atoms with Crippen LogP contribution >= 0.6 is 27.3 Å². The Hall–Kier alpha value is 0.0700. The largest absolute Gasteiger partial charge is 0.303 e. The van der Waals surface area contributed by atoms with Gasteiger partial charge in [0, 0.05) is 11.9 Å². The Balaban J connectivity index is 2.58. The van der Waals surface area contributed by atoms with E-state index >= 15 is 0 Å². The lowest BCUT2D eigenvalue weighted by Crippen LogP contribution is -2.10. The second-order valence-corrected chi connectivity index (χ2v) is 4.06. The normalized spacial score (nSPS) is 10.8. The van der Waals surface area contributed by atoms with E-state index in [9.17, 15) is 0 Å². The molecule has 1 rings (SSSR count). The second kappa shape index (κ2) is 3.46. The van der Waals surface area contributed by atoms with Crippen LogP contribution in [-0.4, -0.2) is 24.0 Å². The van der Waals surface area contributed by atoms with Gasteiger partial charge in [-0.3, -0.25) is 0 Å². The van der Waals surface area contributed by atoms with Crippen LogP contribution in [0.2, 0.25) is 0 Å². The second-order valence-electron chi connectivity index (χ2n) is 2.30. The van der Waals surface area contributed by atoms with Crippen molar-refractivity contribution in [1.29, 1.82) is 0 Å². The molecule has 0 N–H and O–H groups in total. The average Bonchev–Trinajstić information content (AvgIpc) is 2.13. The molecule has 10 heavy (non-hydrogen) atoms. The van der Waals surface area contributed by atoms with Gasteiger partial charge in [-0.05, 0) is 30.0 Å². The topological polar surface area (TPSA) is 16.1 Å². The molecule has 0 saturated heterocycles. The predicted molar refractivity (Wildman–Crippen MR) is 47.2 cm³/mol. The Kier molecular flexibility index (Phi) is 2.82. The predicted octanol–water partition coefficient (Wildman–Crippen LogP) is 1.97. The minimum Gasteiger partial charge on any atom is -0.303 e. The molecule has 1 aromatic rings. The minimum atomic E-state index is 0.927. The van der Waals surface area contributed by atoms with Crippen LogP contribution in [0.15, 0.2) is 9.98 Å². The molecule has 0 spiro atoms. The third kappa shape index (κ3) is 2.36. The van der Waals surface area contributed by atoms with Crippen LogP contribution in [0.5, 0.6) is 0 Å². The van der Waals surface area contributed by atoms with Crippen molar-refractivity contribution in [2.75, 3.05) is 14.1 Å². The van der Waals surface area contributed by atoms with Crippen molar-refractivity contribution in [1.82, 2.24) is 9.88 Å². The zero-order valence-corrected chi connectivity index (χ0v) is 8.37. The van der Waals surface area contributed by atoms with Crippen molar-refractivity contribution >= 4 is 27.3 Å². The fourth-order valence-electron chi connectivity index (χ4n) is 0.632. The lowest BCUT2D eigenvalue weighted by molar-refractivity contribution is 0.401. The summed E-state index contributed by atoms with van der Waals surface area (Å²) in [6.45, 7) is 0.927. The number of aromatic nitrogens is 1. The van der Waals surface area contributed by atoms with E-state index in [0.717, 1.165) is 16.2 Å². The summed E-state index contributed by atoms with van der Waals surface area (Å²) < 4.78 is 0.939. The van der Waals surface area contributed by atoms with Crippen molar-refractivity contribution in [3.05, 3.63) is 15.0 Å². The summed E-state index contributed by atoms with van der Waals surface area (Å²) in [5.74, 6) is 0. The molecule has 2 nitrogen and oxygen atoms in total. The fraction of sp³-hybridized carbons (Fsp3) is 0.500. The highest BCUT2D eigenvalue weighted by Gasteiger charge is 1.99. The molecular weight excluding hydrogens is 212 g/mol.